The van der Waals surface area contributed by atoms with E-state index in [2.05, 4.69) is 6.58 Å². The van der Waals surface area contributed by atoms with Crippen LogP contribution in [-0.2, 0) is 20.6 Å². The Morgan fingerprint density at radius 2 is 1.74 bits per heavy atom. The molecular weight excluding hydrogens is 336 g/mol. The van der Waals surface area contributed by atoms with Gasteiger partial charge in [0.25, 0.3) is 0 Å². The summed E-state index contributed by atoms with van der Waals surface area (Å²) < 4.78 is 26.7. The highest BCUT2D eigenvalue weighted by Gasteiger charge is 2.44. The topological polar surface area (TPSA) is 57.7 Å². The van der Waals surface area contributed by atoms with E-state index in [0.717, 1.165) is 5.56 Å². The molecular formula is C16H19ClN2O3S. The first kappa shape index (κ1) is 16.5. The van der Waals surface area contributed by atoms with Crippen molar-refractivity contribution >= 4 is 27.5 Å². The second-order valence-electron chi connectivity index (χ2n) is 6.17. The zero-order valence-corrected chi connectivity index (χ0v) is 14.3. The van der Waals surface area contributed by atoms with Gasteiger partial charge in [-0.25, -0.2) is 12.7 Å². The number of carbonyl (C=O) groups is 1. The van der Waals surface area contributed by atoms with E-state index in [-0.39, 0.29) is 23.5 Å². The maximum absolute atomic E-state index is 12.6. The Labute approximate surface area is 141 Å². The highest BCUT2D eigenvalue weighted by atomic mass is 35.5. The number of nitrogens with zero attached hydrogens (tertiary/aromatic N) is 2. The van der Waals surface area contributed by atoms with Gasteiger partial charge in [-0.1, -0.05) is 30.3 Å². The summed E-state index contributed by atoms with van der Waals surface area (Å²) in [4.78, 5) is 13.4. The molecule has 23 heavy (non-hydrogen) atoms. The molecule has 2 aliphatic heterocycles. The molecule has 0 aromatic heterocycles. The molecule has 2 unspecified atom stereocenters. The van der Waals surface area contributed by atoms with Crippen molar-refractivity contribution < 1.29 is 13.2 Å². The summed E-state index contributed by atoms with van der Waals surface area (Å²) in [5, 5.41) is 0.592. The zero-order valence-electron chi connectivity index (χ0n) is 12.7. The molecule has 0 N–H and O–H groups in total. The number of likely N-dealkylation sites (tertiary alicyclic amines) is 1. The van der Waals surface area contributed by atoms with Crippen molar-refractivity contribution in [3.05, 3.63) is 47.5 Å². The Hall–Kier alpha value is -1.37. The van der Waals surface area contributed by atoms with E-state index in [0.29, 0.717) is 31.2 Å². The number of carbonyl (C=O) groups excluding carboxylic acids is 1. The average molecular weight is 355 g/mol. The number of hydrogen-bond acceptors (Lipinski definition) is 3. The van der Waals surface area contributed by atoms with E-state index in [1.54, 1.807) is 33.5 Å². The van der Waals surface area contributed by atoms with Crippen molar-refractivity contribution in [2.45, 2.75) is 5.75 Å². The summed E-state index contributed by atoms with van der Waals surface area (Å²) in [7, 11) is -3.34. The molecule has 7 heteroatoms. The van der Waals surface area contributed by atoms with Gasteiger partial charge >= 0.3 is 0 Å². The molecule has 0 saturated carbocycles. The second-order valence-corrected chi connectivity index (χ2v) is 8.57. The van der Waals surface area contributed by atoms with E-state index in [1.807, 2.05) is 0 Å². The van der Waals surface area contributed by atoms with Crippen LogP contribution in [0.25, 0.3) is 0 Å². The standard InChI is InChI=1S/C16H19ClN2O3S/c1-2-16(20)18-7-13-9-19(10-14(13)8-18)23(21,22)11-12-3-5-15(17)6-4-12/h2-6,13-14H,1,7-11H2. The minimum Gasteiger partial charge on any atom is -0.339 e. The Kier molecular flexibility index (Phi) is 4.49. The van der Waals surface area contributed by atoms with Gasteiger partial charge in [-0.3, -0.25) is 4.79 Å². The molecule has 1 amide bonds. The molecule has 0 aliphatic carbocycles. The maximum Gasteiger partial charge on any atom is 0.245 e. The van der Waals surface area contributed by atoms with Crippen LogP contribution in [0.15, 0.2) is 36.9 Å². The number of fused-ring (bicyclic) bond motifs is 1. The molecule has 3 rings (SSSR count). The lowest BCUT2D eigenvalue weighted by Gasteiger charge is -2.20. The van der Waals surface area contributed by atoms with Crippen LogP contribution in [-0.4, -0.2) is 49.7 Å². The molecule has 2 aliphatic rings. The Morgan fingerprint density at radius 1 is 1.17 bits per heavy atom. The molecule has 124 valence electrons. The normalized spacial score (nSPS) is 24.7. The van der Waals surface area contributed by atoms with Gasteiger partial charge in [-0.15, -0.1) is 0 Å². The third-order valence-electron chi connectivity index (χ3n) is 4.59. The molecule has 0 bridgehead atoms. The number of benzene rings is 1. The molecule has 1 aromatic rings. The van der Waals surface area contributed by atoms with Gasteiger partial charge in [0.15, 0.2) is 0 Å². The first-order chi connectivity index (χ1) is 10.9. The Balaban J connectivity index is 1.64. The van der Waals surface area contributed by atoms with E-state index >= 15 is 0 Å². The lowest BCUT2D eigenvalue weighted by atomic mass is 10.0. The fourth-order valence-electron chi connectivity index (χ4n) is 3.37. The van der Waals surface area contributed by atoms with Crippen LogP contribution < -0.4 is 0 Å². The minimum atomic E-state index is -3.34. The van der Waals surface area contributed by atoms with E-state index in [4.69, 9.17) is 11.6 Å². The average Bonchev–Trinajstić information content (AvgIpc) is 3.07. The highest BCUT2D eigenvalue weighted by Crippen LogP contribution is 2.33. The van der Waals surface area contributed by atoms with Gasteiger partial charge in [0.1, 0.15) is 0 Å². The van der Waals surface area contributed by atoms with Crippen LogP contribution in [0.5, 0.6) is 0 Å². The number of rotatable bonds is 4. The van der Waals surface area contributed by atoms with Gasteiger partial charge in [0.2, 0.25) is 15.9 Å². The summed E-state index contributed by atoms with van der Waals surface area (Å²) in [6.45, 7) is 5.70. The number of hydrogen-bond donors (Lipinski definition) is 0. The van der Waals surface area contributed by atoms with Crippen LogP contribution in [0.4, 0.5) is 0 Å². The highest BCUT2D eigenvalue weighted by molar-refractivity contribution is 7.88. The van der Waals surface area contributed by atoms with Crippen LogP contribution in [0.3, 0.4) is 0 Å². The third-order valence-corrected chi connectivity index (χ3v) is 6.63. The van der Waals surface area contributed by atoms with Crippen molar-refractivity contribution in [1.82, 2.24) is 9.21 Å². The third kappa shape index (κ3) is 3.44. The van der Waals surface area contributed by atoms with Gasteiger partial charge in [0, 0.05) is 31.2 Å². The van der Waals surface area contributed by atoms with Crippen molar-refractivity contribution in [1.29, 1.82) is 0 Å². The van der Waals surface area contributed by atoms with Crippen LogP contribution >= 0.6 is 11.6 Å². The van der Waals surface area contributed by atoms with E-state index < -0.39 is 10.0 Å². The van der Waals surface area contributed by atoms with Crippen LogP contribution in [0, 0.1) is 11.8 Å². The SMILES string of the molecule is C=CC(=O)N1CC2CN(S(=O)(=O)Cc3ccc(Cl)cc3)CC2C1. The fraction of sp³-hybridized carbons (Fsp3) is 0.438. The fourth-order valence-corrected chi connectivity index (χ4v) is 5.13. The summed E-state index contributed by atoms with van der Waals surface area (Å²) in [6, 6.07) is 6.87. The monoisotopic (exact) mass is 354 g/mol. The maximum atomic E-state index is 12.6. The Morgan fingerprint density at radius 3 is 2.26 bits per heavy atom. The lowest BCUT2D eigenvalue weighted by molar-refractivity contribution is -0.125. The summed E-state index contributed by atoms with van der Waals surface area (Å²) in [5.41, 5.74) is 0.731. The molecule has 1 aromatic carbocycles. The molecule has 2 atom stereocenters. The van der Waals surface area contributed by atoms with Crippen LogP contribution in [0.2, 0.25) is 5.02 Å². The summed E-state index contributed by atoms with van der Waals surface area (Å²) in [6.07, 6.45) is 1.32. The van der Waals surface area contributed by atoms with E-state index in [9.17, 15) is 13.2 Å². The zero-order chi connectivity index (χ0) is 16.6. The van der Waals surface area contributed by atoms with Crippen LogP contribution in [0.1, 0.15) is 5.56 Å². The molecule has 2 fully saturated rings. The molecule has 0 radical (unpaired) electrons. The van der Waals surface area contributed by atoms with Crippen molar-refractivity contribution in [3.63, 3.8) is 0 Å². The predicted molar refractivity (Wildman–Crippen MR) is 89.4 cm³/mol. The molecule has 2 saturated heterocycles. The van der Waals surface area contributed by atoms with Gasteiger partial charge in [-0.05, 0) is 35.6 Å². The smallest absolute Gasteiger partial charge is 0.245 e. The molecule has 2 heterocycles. The van der Waals surface area contributed by atoms with Gasteiger partial charge in [0.05, 0.1) is 5.75 Å². The minimum absolute atomic E-state index is 0.0150. The molecule has 5 nitrogen and oxygen atoms in total. The second kappa shape index (κ2) is 6.26. The summed E-state index contributed by atoms with van der Waals surface area (Å²) >= 11 is 5.83. The van der Waals surface area contributed by atoms with Crippen molar-refractivity contribution in [3.8, 4) is 0 Å². The lowest BCUT2D eigenvalue weighted by Crippen LogP contribution is -2.35. The number of halogens is 1. The summed E-state index contributed by atoms with van der Waals surface area (Å²) in [5.74, 6) is 0.353. The van der Waals surface area contributed by atoms with E-state index in [1.165, 1.54) is 6.08 Å². The Bertz CT molecular complexity index is 703. The first-order valence-electron chi connectivity index (χ1n) is 7.52. The van der Waals surface area contributed by atoms with Gasteiger partial charge < -0.3 is 4.90 Å². The van der Waals surface area contributed by atoms with Crippen molar-refractivity contribution in [2.75, 3.05) is 26.2 Å². The number of sulfonamides is 1. The number of amides is 1. The quantitative estimate of drug-likeness (QED) is 0.774. The van der Waals surface area contributed by atoms with Crippen molar-refractivity contribution in [2.24, 2.45) is 11.8 Å². The molecule has 0 spiro atoms. The largest absolute Gasteiger partial charge is 0.339 e. The first-order valence-corrected chi connectivity index (χ1v) is 9.51. The van der Waals surface area contributed by atoms with Gasteiger partial charge in [-0.2, -0.15) is 0 Å². The predicted octanol–water partition coefficient (Wildman–Crippen LogP) is 1.75.